The number of nitrogens with zero attached hydrogens (tertiary/aromatic N) is 2. The highest BCUT2D eigenvalue weighted by atomic mass is 19.4. The first-order valence-electron chi connectivity index (χ1n) is 8.13. The lowest BCUT2D eigenvalue weighted by atomic mass is 9.88. The highest BCUT2D eigenvalue weighted by Gasteiger charge is 2.37. The van der Waals surface area contributed by atoms with E-state index in [-0.39, 0.29) is 35.3 Å². The summed E-state index contributed by atoms with van der Waals surface area (Å²) in [6, 6.07) is 4.12. The molecule has 146 valence electrons. The summed E-state index contributed by atoms with van der Waals surface area (Å²) in [5, 5.41) is 0. The van der Waals surface area contributed by atoms with Crippen molar-refractivity contribution >= 4 is 11.6 Å². The molecule has 0 bridgehead atoms. The number of carbonyl (C=O) groups excluding carboxylic acids is 1. The Morgan fingerprint density at radius 3 is 2.44 bits per heavy atom. The normalized spacial score (nSPS) is 13.3. The van der Waals surface area contributed by atoms with Gasteiger partial charge < -0.3 is 16.2 Å². The van der Waals surface area contributed by atoms with Gasteiger partial charge >= 0.3 is 6.18 Å². The van der Waals surface area contributed by atoms with E-state index in [9.17, 15) is 18.0 Å². The molecule has 0 aliphatic heterocycles. The Bertz CT molecular complexity index is 832. The van der Waals surface area contributed by atoms with Gasteiger partial charge in [-0.15, -0.1) is 0 Å². The van der Waals surface area contributed by atoms with Crippen molar-refractivity contribution in [1.29, 1.82) is 0 Å². The zero-order chi connectivity index (χ0) is 20.4. The molecule has 0 aliphatic carbocycles. The molecule has 9 heteroatoms. The molecule has 27 heavy (non-hydrogen) atoms. The van der Waals surface area contributed by atoms with Crippen LogP contribution >= 0.6 is 0 Å². The molecule has 0 radical (unpaired) electrons. The second-order valence-electron chi connectivity index (χ2n) is 7.09. The smallest absolute Gasteiger partial charge is 0.418 e. The van der Waals surface area contributed by atoms with E-state index in [1.807, 2.05) is 20.8 Å². The molecule has 0 amide bonds. The number of nitrogen functional groups attached to an aromatic ring is 1. The van der Waals surface area contributed by atoms with Crippen molar-refractivity contribution in [3.63, 3.8) is 0 Å². The summed E-state index contributed by atoms with van der Waals surface area (Å²) in [6.45, 7) is 5.74. The molecule has 0 saturated carbocycles. The quantitative estimate of drug-likeness (QED) is 0.770. The van der Waals surface area contributed by atoms with E-state index in [0.29, 0.717) is 0 Å². The Morgan fingerprint density at radius 2 is 1.89 bits per heavy atom. The van der Waals surface area contributed by atoms with Gasteiger partial charge in [-0.2, -0.15) is 13.2 Å². The van der Waals surface area contributed by atoms with Crippen LogP contribution in [0.2, 0.25) is 0 Å². The van der Waals surface area contributed by atoms with Gasteiger partial charge in [0.2, 0.25) is 11.7 Å². The number of ketones is 1. The fourth-order valence-corrected chi connectivity index (χ4v) is 2.09. The molecule has 2 rings (SSSR count). The highest BCUT2D eigenvalue weighted by Crippen LogP contribution is 2.34. The third-order valence-corrected chi connectivity index (χ3v) is 4.00. The molecule has 0 fully saturated rings. The van der Waals surface area contributed by atoms with Crippen molar-refractivity contribution in [2.45, 2.75) is 33.0 Å². The number of nitrogens with two attached hydrogens (primary N) is 2. The predicted octanol–water partition coefficient (Wildman–Crippen LogP) is 3.06. The maximum Gasteiger partial charge on any atom is 0.418 e. The third-order valence-electron chi connectivity index (χ3n) is 4.00. The number of carbonyl (C=O) groups is 1. The molecular formula is C18H21F3N4O2. The molecule has 2 aromatic rings. The van der Waals surface area contributed by atoms with Gasteiger partial charge in [-0.05, 0) is 23.6 Å². The summed E-state index contributed by atoms with van der Waals surface area (Å²) in [5.74, 6) is -1.30. The van der Waals surface area contributed by atoms with E-state index in [4.69, 9.17) is 16.2 Å². The molecular weight excluding hydrogens is 361 g/mol. The molecule has 0 aliphatic rings. The van der Waals surface area contributed by atoms with E-state index in [2.05, 4.69) is 9.97 Å². The third kappa shape index (κ3) is 4.94. The average Bonchev–Trinajstić information content (AvgIpc) is 2.57. The minimum atomic E-state index is -4.77. The van der Waals surface area contributed by atoms with Gasteiger partial charge in [-0.3, -0.25) is 4.79 Å². The van der Waals surface area contributed by atoms with Crippen molar-refractivity contribution in [1.82, 2.24) is 9.97 Å². The summed E-state index contributed by atoms with van der Waals surface area (Å²) >= 11 is 0. The number of hydrogen-bond acceptors (Lipinski definition) is 6. The fraction of sp³-hybridized carbons (Fsp3) is 0.389. The number of rotatable bonds is 5. The zero-order valence-corrected chi connectivity index (χ0v) is 15.2. The summed E-state index contributed by atoms with van der Waals surface area (Å²) in [6.07, 6.45) is -3.44. The minimum absolute atomic E-state index is 0.0323. The number of ether oxygens (including phenoxy) is 1. The van der Waals surface area contributed by atoms with E-state index in [0.717, 1.165) is 12.1 Å². The van der Waals surface area contributed by atoms with Crippen LogP contribution in [-0.2, 0) is 6.18 Å². The largest absolute Gasteiger partial charge is 0.476 e. The summed E-state index contributed by atoms with van der Waals surface area (Å²) in [4.78, 5) is 20.1. The standard InChI is InChI=1S/C18H21F3N4O2/c1-17(2,3)12(22)9-27-13-7-6-11(18(19,20)21)14(25-13)15(26)10-5-4-8-24-16(10)23/h4-8,12H,9,22H2,1-3H3,(H2,23,24)/t12-/m1/s1. The van der Waals surface area contributed by atoms with Crippen molar-refractivity contribution in [3.8, 4) is 5.88 Å². The first-order valence-corrected chi connectivity index (χ1v) is 8.13. The molecule has 0 saturated heterocycles. The molecule has 1 atom stereocenters. The van der Waals surface area contributed by atoms with Gasteiger partial charge in [0.25, 0.3) is 0 Å². The Balaban J connectivity index is 2.41. The fourth-order valence-electron chi connectivity index (χ4n) is 2.09. The van der Waals surface area contributed by atoms with E-state index < -0.39 is 23.2 Å². The minimum Gasteiger partial charge on any atom is -0.476 e. The zero-order valence-electron chi connectivity index (χ0n) is 15.2. The Hall–Kier alpha value is -2.68. The molecule has 0 aromatic carbocycles. The van der Waals surface area contributed by atoms with Crippen LogP contribution in [0.25, 0.3) is 0 Å². The lowest BCUT2D eigenvalue weighted by Crippen LogP contribution is -2.40. The van der Waals surface area contributed by atoms with Crippen LogP contribution in [0.15, 0.2) is 30.5 Å². The second-order valence-corrected chi connectivity index (χ2v) is 7.09. The summed E-state index contributed by atoms with van der Waals surface area (Å²) < 4.78 is 45.4. The molecule has 4 N–H and O–H groups in total. The lowest BCUT2D eigenvalue weighted by molar-refractivity contribution is -0.138. The number of anilines is 1. The lowest BCUT2D eigenvalue weighted by Gasteiger charge is -2.26. The Labute approximate surface area is 154 Å². The van der Waals surface area contributed by atoms with Crippen molar-refractivity contribution in [3.05, 3.63) is 47.3 Å². The van der Waals surface area contributed by atoms with E-state index in [1.165, 1.54) is 18.3 Å². The predicted molar refractivity (Wildman–Crippen MR) is 94.2 cm³/mol. The first kappa shape index (κ1) is 20.6. The summed E-state index contributed by atoms with van der Waals surface area (Å²) in [7, 11) is 0. The molecule has 6 nitrogen and oxygen atoms in total. The van der Waals surface area contributed by atoms with E-state index >= 15 is 0 Å². The van der Waals surface area contributed by atoms with Crippen LogP contribution in [0, 0.1) is 5.41 Å². The maximum atomic E-state index is 13.3. The highest BCUT2D eigenvalue weighted by molar-refractivity contribution is 6.11. The number of aromatic nitrogens is 2. The molecule has 0 unspecified atom stereocenters. The van der Waals surface area contributed by atoms with Gasteiger partial charge in [0.1, 0.15) is 18.1 Å². The SMILES string of the molecule is CC(C)(C)[C@H](N)COc1ccc(C(F)(F)F)c(C(=O)c2cccnc2N)n1. The summed E-state index contributed by atoms with van der Waals surface area (Å²) in [5.41, 5.74) is 9.18. The van der Waals surface area contributed by atoms with Crippen LogP contribution in [0.3, 0.4) is 0 Å². The van der Waals surface area contributed by atoms with Crippen LogP contribution in [0.4, 0.5) is 19.0 Å². The van der Waals surface area contributed by atoms with Gasteiger partial charge in [0.15, 0.2) is 0 Å². The van der Waals surface area contributed by atoms with Gasteiger partial charge in [-0.25, -0.2) is 9.97 Å². The first-order chi connectivity index (χ1) is 12.4. The topological polar surface area (TPSA) is 104 Å². The van der Waals surface area contributed by atoms with Crippen LogP contribution < -0.4 is 16.2 Å². The number of pyridine rings is 2. The Morgan fingerprint density at radius 1 is 1.22 bits per heavy atom. The van der Waals surface area contributed by atoms with Crippen molar-refractivity contribution in [2.24, 2.45) is 11.1 Å². The van der Waals surface area contributed by atoms with Crippen LogP contribution in [0.5, 0.6) is 5.88 Å². The van der Waals surface area contributed by atoms with Gasteiger partial charge in [0.05, 0.1) is 11.1 Å². The van der Waals surface area contributed by atoms with E-state index in [1.54, 1.807) is 0 Å². The second kappa shape index (κ2) is 7.51. The van der Waals surface area contributed by atoms with Gasteiger partial charge in [-0.1, -0.05) is 20.8 Å². The van der Waals surface area contributed by atoms with Crippen LogP contribution in [-0.4, -0.2) is 28.4 Å². The number of halogens is 3. The average molecular weight is 382 g/mol. The number of hydrogen-bond donors (Lipinski definition) is 2. The maximum absolute atomic E-state index is 13.3. The van der Waals surface area contributed by atoms with Crippen molar-refractivity contribution < 1.29 is 22.7 Å². The van der Waals surface area contributed by atoms with Crippen molar-refractivity contribution in [2.75, 3.05) is 12.3 Å². The Kier molecular flexibility index (Phi) is 5.74. The molecule has 2 heterocycles. The molecule has 2 aromatic heterocycles. The van der Waals surface area contributed by atoms with Crippen LogP contribution in [0.1, 0.15) is 42.4 Å². The number of alkyl halides is 3. The monoisotopic (exact) mass is 382 g/mol. The molecule has 0 spiro atoms. The van der Waals surface area contributed by atoms with Gasteiger partial charge in [0, 0.05) is 18.3 Å².